The normalized spacial score (nSPS) is 19.7. The van der Waals surface area contributed by atoms with E-state index in [1.54, 1.807) is 4.90 Å². The molecule has 25 heavy (non-hydrogen) atoms. The zero-order chi connectivity index (χ0) is 17.8. The number of nitrogens with zero attached hydrogens (tertiary/aromatic N) is 3. The molecule has 1 saturated heterocycles. The summed E-state index contributed by atoms with van der Waals surface area (Å²) in [6, 6.07) is 17.8. The molecule has 0 saturated carbocycles. The highest BCUT2D eigenvalue weighted by Gasteiger charge is 2.38. The molecule has 0 N–H and O–H groups in total. The summed E-state index contributed by atoms with van der Waals surface area (Å²) in [5.74, 6) is 0.0719. The van der Waals surface area contributed by atoms with Gasteiger partial charge in [0.15, 0.2) is 5.17 Å². The van der Waals surface area contributed by atoms with Crippen LogP contribution < -0.4 is 4.90 Å². The zero-order valence-corrected chi connectivity index (χ0v) is 15.5. The second kappa shape index (κ2) is 7.66. The summed E-state index contributed by atoms with van der Waals surface area (Å²) in [6.45, 7) is 5.97. The van der Waals surface area contributed by atoms with Crippen LogP contribution in [-0.2, 0) is 4.79 Å². The smallest absolute Gasteiger partial charge is 0.246 e. The van der Waals surface area contributed by atoms with E-state index in [-0.39, 0.29) is 11.2 Å². The molecule has 3 rings (SSSR count). The van der Waals surface area contributed by atoms with E-state index in [1.165, 1.54) is 11.8 Å². The van der Waals surface area contributed by atoms with E-state index in [4.69, 9.17) is 0 Å². The standard InChI is InChI=1S/C20H21N3OS/c1-4-18-19(24)23(17-12-10-14(2)11-13-17)20(25-18)22-21-15(3)16-8-6-5-7-9-16/h5-13,18H,4H2,1-3H3/b21-15+,22-20-. The monoisotopic (exact) mass is 351 g/mol. The highest BCUT2D eigenvalue weighted by molar-refractivity contribution is 8.16. The van der Waals surface area contributed by atoms with E-state index >= 15 is 0 Å². The molecule has 0 spiro atoms. The number of carbonyl (C=O) groups excluding carboxylic acids is 1. The lowest BCUT2D eigenvalue weighted by Gasteiger charge is -2.16. The lowest BCUT2D eigenvalue weighted by atomic mass is 10.1. The summed E-state index contributed by atoms with van der Waals surface area (Å²) in [5, 5.41) is 9.29. The summed E-state index contributed by atoms with van der Waals surface area (Å²) in [6.07, 6.45) is 0.770. The van der Waals surface area contributed by atoms with Crippen LogP contribution in [0.1, 0.15) is 31.4 Å². The molecule has 0 aliphatic carbocycles. The van der Waals surface area contributed by atoms with Gasteiger partial charge in [0.05, 0.1) is 16.6 Å². The molecular weight excluding hydrogens is 330 g/mol. The second-order valence-electron chi connectivity index (χ2n) is 5.96. The Balaban J connectivity index is 1.94. The van der Waals surface area contributed by atoms with Crippen LogP contribution >= 0.6 is 11.8 Å². The molecule has 1 aliphatic rings. The van der Waals surface area contributed by atoms with Gasteiger partial charge in [-0.2, -0.15) is 5.10 Å². The number of hydrogen-bond donors (Lipinski definition) is 0. The van der Waals surface area contributed by atoms with Crippen LogP contribution in [0.5, 0.6) is 0 Å². The summed E-state index contributed by atoms with van der Waals surface area (Å²) in [4.78, 5) is 14.4. The molecule has 0 bridgehead atoms. The van der Waals surface area contributed by atoms with Gasteiger partial charge >= 0.3 is 0 Å². The fourth-order valence-electron chi connectivity index (χ4n) is 2.58. The topological polar surface area (TPSA) is 45.0 Å². The lowest BCUT2D eigenvalue weighted by molar-refractivity contribution is -0.116. The number of amides is 1. The Hall–Kier alpha value is -2.40. The number of amidine groups is 1. The molecule has 2 aromatic rings. The predicted molar refractivity (Wildman–Crippen MR) is 106 cm³/mol. The number of rotatable bonds is 4. The minimum atomic E-state index is -0.104. The summed E-state index contributed by atoms with van der Waals surface area (Å²) in [7, 11) is 0. The minimum Gasteiger partial charge on any atom is -0.273 e. The van der Waals surface area contributed by atoms with Gasteiger partial charge in [0.1, 0.15) is 0 Å². The molecule has 0 radical (unpaired) electrons. The van der Waals surface area contributed by atoms with E-state index in [2.05, 4.69) is 10.2 Å². The third-order valence-electron chi connectivity index (χ3n) is 4.07. The van der Waals surface area contributed by atoms with Gasteiger partial charge in [0.25, 0.3) is 0 Å². The van der Waals surface area contributed by atoms with Crippen LogP contribution in [0, 0.1) is 6.92 Å². The zero-order valence-electron chi connectivity index (χ0n) is 14.6. The quantitative estimate of drug-likeness (QED) is 0.595. The van der Waals surface area contributed by atoms with Crippen molar-refractivity contribution in [2.45, 2.75) is 32.4 Å². The molecule has 5 heteroatoms. The molecule has 1 heterocycles. The maximum atomic E-state index is 12.7. The first-order valence-corrected chi connectivity index (χ1v) is 9.23. The van der Waals surface area contributed by atoms with Crippen molar-refractivity contribution >= 4 is 34.2 Å². The van der Waals surface area contributed by atoms with Crippen LogP contribution in [0.25, 0.3) is 0 Å². The molecule has 1 aliphatic heterocycles. The molecule has 0 aromatic heterocycles. The second-order valence-corrected chi connectivity index (χ2v) is 7.13. The van der Waals surface area contributed by atoms with Gasteiger partial charge < -0.3 is 0 Å². The molecule has 1 fully saturated rings. The number of carbonyl (C=O) groups is 1. The SMILES string of the molecule is CCC1S/C(=N\N=C(/C)c2ccccc2)N(c2ccc(C)cc2)C1=O. The third kappa shape index (κ3) is 3.82. The van der Waals surface area contributed by atoms with Crippen molar-refractivity contribution in [1.29, 1.82) is 0 Å². The highest BCUT2D eigenvalue weighted by Crippen LogP contribution is 2.33. The predicted octanol–water partition coefficient (Wildman–Crippen LogP) is 4.63. The first kappa shape index (κ1) is 17.4. The van der Waals surface area contributed by atoms with E-state index in [9.17, 15) is 4.79 Å². The van der Waals surface area contributed by atoms with Gasteiger partial charge in [-0.25, -0.2) is 0 Å². The first-order chi connectivity index (χ1) is 12.1. The molecule has 1 amide bonds. The molecule has 1 unspecified atom stereocenters. The van der Waals surface area contributed by atoms with E-state index in [0.29, 0.717) is 5.17 Å². The Kier molecular flexibility index (Phi) is 5.34. The van der Waals surface area contributed by atoms with Gasteiger partial charge in [0, 0.05) is 0 Å². The minimum absolute atomic E-state index is 0.0719. The average molecular weight is 351 g/mol. The number of anilines is 1. The molecule has 128 valence electrons. The Bertz CT molecular complexity index is 813. The number of hydrogen-bond acceptors (Lipinski definition) is 4. The van der Waals surface area contributed by atoms with Crippen molar-refractivity contribution in [1.82, 2.24) is 0 Å². The largest absolute Gasteiger partial charge is 0.273 e. The summed E-state index contributed by atoms with van der Waals surface area (Å²) in [5.41, 5.74) is 3.84. The van der Waals surface area contributed by atoms with Gasteiger partial charge in [-0.1, -0.05) is 66.7 Å². The molecular formula is C20H21N3OS. The van der Waals surface area contributed by atoms with E-state index in [0.717, 1.165) is 28.9 Å². The first-order valence-electron chi connectivity index (χ1n) is 8.35. The fraction of sp³-hybridized carbons (Fsp3) is 0.250. The van der Waals surface area contributed by atoms with Crippen LogP contribution in [0.2, 0.25) is 0 Å². The molecule has 1 atom stereocenters. The number of thioether (sulfide) groups is 1. The van der Waals surface area contributed by atoms with Crippen molar-refractivity contribution in [2.75, 3.05) is 4.90 Å². The van der Waals surface area contributed by atoms with Gasteiger partial charge in [-0.05, 0) is 38.0 Å². The van der Waals surface area contributed by atoms with Crippen LogP contribution in [0.4, 0.5) is 5.69 Å². The van der Waals surface area contributed by atoms with Crippen LogP contribution in [0.3, 0.4) is 0 Å². The van der Waals surface area contributed by atoms with Crippen molar-refractivity contribution in [2.24, 2.45) is 10.2 Å². The van der Waals surface area contributed by atoms with E-state index < -0.39 is 0 Å². The molecule has 4 nitrogen and oxygen atoms in total. The van der Waals surface area contributed by atoms with Crippen molar-refractivity contribution in [3.8, 4) is 0 Å². The number of aryl methyl sites for hydroxylation is 1. The maximum Gasteiger partial charge on any atom is 0.246 e. The Morgan fingerprint density at radius 1 is 1.12 bits per heavy atom. The Labute approximate surface area is 152 Å². The highest BCUT2D eigenvalue weighted by atomic mass is 32.2. The summed E-state index contributed by atoms with van der Waals surface area (Å²) >= 11 is 1.48. The van der Waals surface area contributed by atoms with Gasteiger partial charge in [-0.3, -0.25) is 9.69 Å². The van der Waals surface area contributed by atoms with Gasteiger partial charge in [0.2, 0.25) is 5.91 Å². The van der Waals surface area contributed by atoms with Crippen molar-refractivity contribution in [3.05, 3.63) is 65.7 Å². The lowest BCUT2D eigenvalue weighted by Crippen LogP contribution is -2.31. The third-order valence-corrected chi connectivity index (χ3v) is 5.37. The Morgan fingerprint density at radius 3 is 2.44 bits per heavy atom. The maximum absolute atomic E-state index is 12.7. The average Bonchev–Trinajstić information content (AvgIpc) is 2.97. The van der Waals surface area contributed by atoms with Gasteiger partial charge in [-0.15, -0.1) is 5.10 Å². The van der Waals surface area contributed by atoms with Crippen LogP contribution in [0.15, 0.2) is 64.8 Å². The number of benzene rings is 2. The Morgan fingerprint density at radius 2 is 1.80 bits per heavy atom. The van der Waals surface area contributed by atoms with Crippen molar-refractivity contribution < 1.29 is 4.79 Å². The fourth-order valence-corrected chi connectivity index (χ4v) is 3.60. The molecule has 2 aromatic carbocycles. The van der Waals surface area contributed by atoms with E-state index in [1.807, 2.05) is 75.4 Å². The summed E-state index contributed by atoms with van der Waals surface area (Å²) < 4.78 is 0. The van der Waals surface area contributed by atoms with Crippen LogP contribution in [-0.4, -0.2) is 22.0 Å². The van der Waals surface area contributed by atoms with Crippen molar-refractivity contribution in [3.63, 3.8) is 0 Å².